The average molecular weight is 342 g/mol. The number of aromatic nitrogens is 2. The maximum absolute atomic E-state index is 12.4. The Bertz CT molecular complexity index is 732. The van der Waals surface area contributed by atoms with Gasteiger partial charge in [0.05, 0.1) is 25.0 Å². The average Bonchev–Trinajstić information content (AvgIpc) is 3.09. The first-order chi connectivity index (χ1) is 12.1. The summed E-state index contributed by atoms with van der Waals surface area (Å²) in [5.41, 5.74) is 1.39. The fourth-order valence-corrected chi connectivity index (χ4v) is 2.30. The number of hydrogen-bond acceptors (Lipinski definition) is 4. The SMILES string of the molecule is CCCOc1c(/C=C/C(=O)c2cnn(C(C)C)c2)cccc1OCC. The van der Waals surface area contributed by atoms with Gasteiger partial charge in [-0.25, -0.2) is 0 Å². The first-order valence-electron chi connectivity index (χ1n) is 8.72. The molecule has 1 aromatic carbocycles. The van der Waals surface area contributed by atoms with Crippen molar-refractivity contribution in [2.75, 3.05) is 13.2 Å². The zero-order valence-corrected chi connectivity index (χ0v) is 15.4. The quantitative estimate of drug-likeness (QED) is 0.495. The predicted octanol–water partition coefficient (Wildman–Crippen LogP) is 4.55. The van der Waals surface area contributed by atoms with Crippen LogP contribution in [-0.2, 0) is 0 Å². The van der Waals surface area contributed by atoms with Crippen LogP contribution in [0.3, 0.4) is 0 Å². The second-order valence-corrected chi connectivity index (χ2v) is 5.96. The minimum Gasteiger partial charge on any atom is -0.490 e. The van der Waals surface area contributed by atoms with Crippen molar-refractivity contribution in [3.8, 4) is 11.5 Å². The van der Waals surface area contributed by atoms with Gasteiger partial charge in [0, 0.05) is 17.8 Å². The number of hydrogen-bond donors (Lipinski definition) is 0. The molecule has 1 aromatic heterocycles. The summed E-state index contributed by atoms with van der Waals surface area (Å²) in [6, 6.07) is 5.90. The number of ketones is 1. The van der Waals surface area contributed by atoms with Crippen LogP contribution in [0, 0.1) is 0 Å². The first kappa shape index (κ1) is 18.8. The molecule has 0 radical (unpaired) electrons. The van der Waals surface area contributed by atoms with E-state index in [1.54, 1.807) is 29.2 Å². The van der Waals surface area contributed by atoms with Crippen molar-refractivity contribution in [2.45, 2.75) is 40.2 Å². The zero-order chi connectivity index (χ0) is 18.2. The summed E-state index contributed by atoms with van der Waals surface area (Å²) in [7, 11) is 0. The van der Waals surface area contributed by atoms with E-state index in [4.69, 9.17) is 9.47 Å². The van der Waals surface area contributed by atoms with Crippen LogP contribution in [0.25, 0.3) is 6.08 Å². The molecule has 134 valence electrons. The fourth-order valence-electron chi connectivity index (χ4n) is 2.30. The van der Waals surface area contributed by atoms with Gasteiger partial charge in [0.15, 0.2) is 17.3 Å². The molecule has 0 spiro atoms. The van der Waals surface area contributed by atoms with Crippen molar-refractivity contribution in [2.24, 2.45) is 0 Å². The highest BCUT2D eigenvalue weighted by Crippen LogP contribution is 2.32. The van der Waals surface area contributed by atoms with Gasteiger partial charge in [-0.1, -0.05) is 19.1 Å². The lowest BCUT2D eigenvalue weighted by Crippen LogP contribution is -2.02. The molecule has 0 saturated heterocycles. The molecule has 0 unspecified atom stereocenters. The fraction of sp³-hybridized carbons (Fsp3) is 0.400. The summed E-state index contributed by atoms with van der Waals surface area (Å²) < 4.78 is 13.2. The predicted molar refractivity (Wildman–Crippen MR) is 99.4 cm³/mol. The van der Waals surface area contributed by atoms with Crippen molar-refractivity contribution in [3.05, 3.63) is 47.8 Å². The molecule has 0 saturated carbocycles. The summed E-state index contributed by atoms with van der Waals surface area (Å²) in [4.78, 5) is 12.4. The third-order valence-electron chi connectivity index (χ3n) is 3.59. The lowest BCUT2D eigenvalue weighted by molar-refractivity contribution is 0.104. The van der Waals surface area contributed by atoms with E-state index < -0.39 is 0 Å². The Morgan fingerprint density at radius 3 is 2.72 bits per heavy atom. The number of nitrogens with zero attached hydrogens (tertiary/aromatic N) is 2. The van der Waals surface area contributed by atoms with Gasteiger partial charge in [-0.15, -0.1) is 0 Å². The van der Waals surface area contributed by atoms with E-state index >= 15 is 0 Å². The van der Waals surface area contributed by atoms with Gasteiger partial charge in [0.2, 0.25) is 0 Å². The minimum atomic E-state index is -0.0878. The molecule has 25 heavy (non-hydrogen) atoms. The van der Waals surface area contributed by atoms with Crippen LogP contribution in [0.5, 0.6) is 11.5 Å². The van der Waals surface area contributed by atoms with E-state index in [0.717, 1.165) is 12.0 Å². The van der Waals surface area contributed by atoms with Gasteiger partial charge in [-0.2, -0.15) is 5.10 Å². The maximum atomic E-state index is 12.4. The second kappa shape index (κ2) is 9.06. The zero-order valence-electron chi connectivity index (χ0n) is 15.4. The van der Waals surface area contributed by atoms with E-state index in [9.17, 15) is 4.79 Å². The van der Waals surface area contributed by atoms with E-state index in [1.807, 2.05) is 39.0 Å². The van der Waals surface area contributed by atoms with Crippen molar-refractivity contribution >= 4 is 11.9 Å². The van der Waals surface area contributed by atoms with Crippen LogP contribution in [0.1, 0.15) is 56.1 Å². The summed E-state index contributed by atoms with van der Waals surface area (Å²) in [5.74, 6) is 1.28. The summed E-state index contributed by atoms with van der Waals surface area (Å²) in [5, 5.41) is 4.21. The molecule has 0 N–H and O–H groups in total. The third-order valence-corrected chi connectivity index (χ3v) is 3.59. The molecule has 0 fully saturated rings. The smallest absolute Gasteiger partial charge is 0.189 e. The van der Waals surface area contributed by atoms with Gasteiger partial charge in [-0.3, -0.25) is 9.48 Å². The highest BCUT2D eigenvalue weighted by molar-refractivity contribution is 6.06. The van der Waals surface area contributed by atoms with Gasteiger partial charge in [0.1, 0.15) is 0 Å². The molecule has 0 amide bonds. The van der Waals surface area contributed by atoms with Crippen molar-refractivity contribution in [3.63, 3.8) is 0 Å². The topological polar surface area (TPSA) is 53.3 Å². The lowest BCUT2D eigenvalue weighted by atomic mass is 10.1. The summed E-state index contributed by atoms with van der Waals surface area (Å²) >= 11 is 0. The molecule has 0 aliphatic carbocycles. The number of benzene rings is 1. The van der Waals surface area contributed by atoms with Crippen LogP contribution < -0.4 is 9.47 Å². The molecule has 0 bridgehead atoms. The minimum absolute atomic E-state index is 0.0878. The Hall–Kier alpha value is -2.56. The Morgan fingerprint density at radius 1 is 1.28 bits per heavy atom. The monoisotopic (exact) mass is 342 g/mol. The van der Waals surface area contributed by atoms with Crippen molar-refractivity contribution in [1.29, 1.82) is 0 Å². The number of carbonyl (C=O) groups is 1. The van der Waals surface area contributed by atoms with Crippen molar-refractivity contribution < 1.29 is 14.3 Å². The van der Waals surface area contributed by atoms with Gasteiger partial charge in [-0.05, 0) is 45.4 Å². The number of allylic oxidation sites excluding steroid dienone is 1. The van der Waals surface area contributed by atoms with Crippen LogP contribution in [0.4, 0.5) is 0 Å². The Labute approximate surface area is 149 Å². The van der Waals surface area contributed by atoms with Crippen LogP contribution >= 0.6 is 0 Å². The van der Waals surface area contributed by atoms with E-state index in [-0.39, 0.29) is 11.8 Å². The summed E-state index contributed by atoms with van der Waals surface area (Å²) in [6.07, 6.45) is 7.57. The number of carbonyl (C=O) groups excluding carboxylic acids is 1. The first-order valence-corrected chi connectivity index (χ1v) is 8.72. The van der Waals surface area contributed by atoms with Crippen LogP contribution in [0.2, 0.25) is 0 Å². The molecule has 5 heteroatoms. The third kappa shape index (κ3) is 4.95. The molecule has 2 aromatic rings. The van der Waals surface area contributed by atoms with Gasteiger partial charge in [0.25, 0.3) is 0 Å². The lowest BCUT2D eigenvalue weighted by Gasteiger charge is -2.13. The molecule has 0 atom stereocenters. The highest BCUT2D eigenvalue weighted by atomic mass is 16.5. The maximum Gasteiger partial charge on any atom is 0.189 e. The number of ether oxygens (including phenoxy) is 2. The number of rotatable bonds is 9. The van der Waals surface area contributed by atoms with Crippen LogP contribution in [-0.4, -0.2) is 28.8 Å². The summed E-state index contributed by atoms with van der Waals surface area (Å²) in [6.45, 7) is 9.18. The van der Waals surface area contributed by atoms with E-state index in [0.29, 0.717) is 30.3 Å². The molecule has 2 rings (SSSR count). The Balaban J connectivity index is 2.23. The normalized spacial score (nSPS) is 11.2. The second-order valence-electron chi connectivity index (χ2n) is 5.96. The van der Waals surface area contributed by atoms with Gasteiger partial charge < -0.3 is 9.47 Å². The van der Waals surface area contributed by atoms with Crippen LogP contribution in [0.15, 0.2) is 36.7 Å². The molecular formula is C20H26N2O3. The van der Waals surface area contributed by atoms with E-state index in [2.05, 4.69) is 12.0 Å². The highest BCUT2D eigenvalue weighted by Gasteiger charge is 2.11. The Kier molecular flexibility index (Phi) is 6.81. The molecule has 0 aliphatic rings. The molecular weight excluding hydrogens is 316 g/mol. The van der Waals surface area contributed by atoms with E-state index in [1.165, 1.54) is 0 Å². The van der Waals surface area contributed by atoms with Crippen molar-refractivity contribution in [1.82, 2.24) is 9.78 Å². The standard InChI is InChI=1S/C20H26N2O3/c1-5-12-25-20-16(8-7-9-19(20)24-6-2)10-11-18(23)17-13-21-22(14-17)15(3)4/h7-11,13-15H,5-6,12H2,1-4H3/b11-10+. The number of para-hydroxylation sites is 1. The molecule has 0 aliphatic heterocycles. The molecule has 5 nitrogen and oxygen atoms in total. The Morgan fingerprint density at radius 2 is 2.08 bits per heavy atom. The largest absolute Gasteiger partial charge is 0.490 e. The molecule has 1 heterocycles. The van der Waals surface area contributed by atoms with Gasteiger partial charge >= 0.3 is 0 Å².